The number of nitrogens with zero attached hydrogens (tertiary/aromatic N) is 2. The Morgan fingerprint density at radius 3 is 2.76 bits per heavy atom. The predicted molar refractivity (Wildman–Crippen MR) is 68.7 cm³/mol. The summed E-state index contributed by atoms with van der Waals surface area (Å²) in [5.41, 5.74) is 2.88. The molecule has 0 N–H and O–H groups in total. The summed E-state index contributed by atoms with van der Waals surface area (Å²) in [7, 11) is 0. The Bertz CT molecular complexity index is 572. The molecule has 85 valence electrons. The van der Waals surface area contributed by atoms with Crippen molar-refractivity contribution in [3.8, 4) is 0 Å². The van der Waals surface area contributed by atoms with Crippen molar-refractivity contribution in [3.63, 3.8) is 0 Å². The van der Waals surface area contributed by atoms with E-state index >= 15 is 0 Å². The molecular weight excluding hydrogens is 208 g/mol. The SMILES string of the molecule is c1ccc2c3c(ccc2c1)C(N1CCC1)[N]C3. The lowest BCUT2D eigenvalue weighted by Gasteiger charge is -2.36. The Balaban J connectivity index is 1.87. The van der Waals surface area contributed by atoms with E-state index in [-0.39, 0.29) is 0 Å². The van der Waals surface area contributed by atoms with Gasteiger partial charge in [0.05, 0.1) is 0 Å². The smallest absolute Gasteiger partial charge is 0.103 e. The minimum Gasteiger partial charge on any atom is -0.283 e. The van der Waals surface area contributed by atoms with E-state index in [1.165, 1.54) is 41.4 Å². The first-order chi connectivity index (χ1) is 8.43. The third-order valence-corrected chi connectivity index (χ3v) is 4.01. The lowest BCUT2D eigenvalue weighted by Crippen LogP contribution is -2.42. The molecule has 17 heavy (non-hydrogen) atoms. The van der Waals surface area contributed by atoms with Crippen LogP contribution in [-0.4, -0.2) is 18.0 Å². The van der Waals surface area contributed by atoms with Crippen molar-refractivity contribution in [2.24, 2.45) is 0 Å². The minimum absolute atomic E-state index is 0.336. The van der Waals surface area contributed by atoms with Gasteiger partial charge in [0.25, 0.3) is 0 Å². The molecule has 1 fully saturated rings. The Hall–Kier alpha value is -1.38. The summed E-state index contributed by atoms with van der Waals surface area (Å²) in [6, 6.07) is 13.2. The van der Waals surface area contributed by atoms with Crippen molar-refractivity contribution in [1.82, 2.24) is 10.2 Å². The van der Waals surface area contributed by atoms with Gasteiger partial charge in [-0.1, -0.05) is 36.4 Å². The van der Waals surface area contributed by atoms with Crippen LogP contribution in [0.4, 0.5) is 0 Å². The van der Waals surface area contributed by atoms with Gasteiger partial charge in [-0.3, -0.25) is 4.90 Å². The zero-order chi connectivity index (χ0) is 11.2. The zero-order valence-electron chi connectivity index (χ0n) is 9.76. The topological polar surface area (TPSA) is 17.3 Å². The molecule has 0 bridgehead atoms. The standard InChI is InChI=1S/C15H15N2/c1-2-5-12-11(4-1)6-7-13-14(12)10-16-15(13)17-8-3-9-17/h1-2,4-7,15H,3,8-10H2. The van der Waals surface area contributed by atoms with E-state index in [4.69, 9.17) is 5.32 Å². The van der Waals surface area contributed by atoms with E-state index < -0.39 is 0 Å². The predicted octanol–water partition coefficient (Wildman–Crippen LogP) is 2.66. The fourth-order valence-electron chi connectivity index (χ4n) is 2.94. The second-order valence-electron chi connectivity index (χ2n) is 4.96. The summed E-state index contributed by atoms with van der Waals surface area (Å²) in [5.74, 6) is 0. The van der Waals surface area contributed by atoms with Gasteiger partial charge in [0.2, 0.25) is 0 Å². The lowest BCUT2D eigenvalue weighted by atomic mass is 9.99. The highest BCUT2D eigenvalue weighted by Gasteiger charge is 2.32. The molecule has 0 saturated carbocycles. The van der Waals surface area contributed by atoms with E-state index in [2.05, 4.69) is 41.3 Å². The molecule has 2 nitrogen and oxygen atoms in total. The van der Waals surface area contributed by atoms with Crippen LogP contribution in [0.2, 0.25) is 0 Å². The van der Waals surface area contributed by atoms with Crippen LogP contribution in [0, 0.1) is 0 Å². The number of benzene rings is 2. The van der Waals surface area contributed by atoms with Crippen molar-refractivity contribution in [2.45, 2.75) is 19.1 Å². The summed E-state index contributed by atoms with van der Waals surface area (Å²) in [4.78, 5) is 2.47. The van der Waals surface area contributed by atoms with E-state index in [1.54, 1.807) is 0 Å². The molecule has 2 aliphatic heterocycles. The van der Waals surface area contributed by atoms with Crippen LogP contribution in [0.3, 0.4) is 0 Å². The van der Waals surface area contributed by atoms with Crippen LogP contribution in [0.25, 0.3) is 10.8 Å². The zero-order valence-corrected chi connectivity index (χ0v) is 9.76. The maximum Gasteiger partial charge on any atom is 0.103 e. The Morgan fingerprint density at radius 1 is 1.06 bits per heavy atom. The van der Waals surface area contributed by atoms with E-state index in [1.807, 2.05) is 0 Å². The summed E-state index contributed by atoms with van der Waals surface area (Å²) >= 11 is 0. The molecule has 0 spiro atoms. The van der Waals surface area contributed by atoms with Crippen molar-refractivity contribution in [2.75, 3.05) is 13.1 Å². The van der Waals surface area contributed by atoms with Gasteiger partial charge in [-0.05, 0) is 28.3 Å². The summed E-state index contributed by atoms with van der Waals surface area (Å²) < 4.78 is 0. The lowest BCUT2D eigenvalue weighted by molar-refractivity contribution is 0.0992. The van der Waals surface area contributed by atoms with Gasteiger partial charge in [-0.15, -0.1) is 0 Å². The molecule has 4 rings (SSSR count). The van der Waals surface area contributed by atoms with E-state index in [0.717, 1.165) is 6.54 Å². The van der Waals surface area contributed by atoms with Crippen molar-refractivity contribution in [3.05, 3.63) is 47.5 Å². The largest absolute Gasteiger partial charge is 0.283 e. The number of likely N-dealkylation sites (tertiary alicyclic amines) is 1. The highest BCUT2D eigenvalue weighted by atomic mass is 15.3. The molecule has 2 aromatic rings. The highest BCUT2D eigenvalue weighted by molar-refractivity contribution is 5.87. The average molecular weight is 223 g/mol. The van der Waals surface area contributed by atoms with Crippen LogP contribution in [0.5, 0.6) is 0 Å². The van der Waals surface area contributed by atoms with Crippen LogP contribution in [-0.2, 0) is 6.54 Å². The first-order valence-corrected chi connectivity index (χ1v) is 6.35. The molecule has 0 aromatic heterocycles. The Kier molecular flexibility index (Phi) is 2.01. The fourth-order valence-corrected chi connectivity index (χ4v) is 2.94. The summed E-state index contributed by atoms with van der Waals surface area (Å²) in [6.45, 7) is 3.30. The van der Waals surface area contributed by atoms with Crippen LogP contribution >= 0.6 is 0 Å². The van der Waals surface area contributed by atoms with E-state index in [0.29, 0.717) is 6.17 Å². The van der Waals surface area contributed by atoms with Crippen LogP contribution in [0.1, 0.15) is 23.7 Å². The summed E-state index contributed by atoms with van der Waals surface area (Å²) in [6.07, 6.45) is 1.66. The highest BCUT2D eigenvalue weighted by Crippen LogP contribution is 2.36. The van der Waals surface area contributed by atoms with Crippen molar-refractivity contribution < 1.29 is 0 Å². The molecule has 0 aliphatic carbocycles. The minimum atomic E-state index is 0.336. The normalized spacial score (nSPS) is 23.6. The average Bonchev–Trinajstić information content (AvgIpc) is 2.71. The fraction of sp³-hybridized carbons (Fsp3) is 0.333. The molecule has 2 aromatic carbocycles. The Morgan fingerprint density at radius 2 is 1.94 bits per heavy atom. The molecule has 1 saturated heterocycles. The number of hydrogen-bond donors (Lipinski definition) is 0. The van der Waals surface area contributed by atoms with Gasteiger partial charge in [-0.2, -0.15) is 0 Å². The van der Waals surface area contributed by atoms with E-state index in [9.17, 15) is 0 Å². The molecule has 1 atom stereocenters. The second kappa shape index (κ2) is 3.56. The third-order valence-electron chi connectivity index (χ3n) is 4.01. The van der Waals surface area contributed by atoms with Crippen LogP contribution in [0.15, 0.2) is 36.4 Å². The van der Waals surface area contributed by atoms with Crippen LogP contribution < -0.4 is 5.32 Å². The first kappa shape index (κ1) is 9.63. The maximum atomic E-state index is 4.80. The molecule has 2 heteroatoms. The van der Waals surface area contributed by atoms with Gasteiger partial charge >= 0.3 is 0 Å². The van der Waals surface area contributed by atoms with Gasteiger partial charge < -0.3 is 0 Å². The van der Waals surface area contributed by atoms with Gasteiger partial charge in [0, 0.05) is 19.6 Å². The molecule has 2 aliphatic rings. The Labute approximate surface area is 101 Å². The van der Waals surface area contributed by atoms with Crippen molar-refractivity contribution in [1.29, 1.82) is 0 Å². The van der Waals surface area contributed by atoms with Gasteiger partial charge in [0.15, 0.2) is 0 Å². The first-order valence-electron chi connectivity index (χ1n) is 6.35. The molecule has 2 heterocycles. The molecule has 1 unspecified atom stereocenters. The third kappa shape index (κ3) is 1.34. The molecular formula is C15H15N2. The number of fused-ring (bicyclic) bond motifs is 3. The molecule has 1 radical (unpaired) electrons. The monoisotopic (exact) mass is 223 g/mol. The van der Waals surface area contributed by atoms with Gasteiger partial charge in [-0.25, -0.2) is 5.32 Å². The summed E-state index contributed by atoms with van der Waals surface area (Å²) in [5, 5.41) is 7.53. The van der Waals surface area contributed by atoms with Gasteiger partial charge in [0.1, 0.15) is 6.17 Å². The number of rotatable bonds is 1. The number of hydrogen-bond acceptors (Lipinski definition) is 1. The maximum absolute atomic E-state index is 4.80. The quantitative estimate of drug-likeness (QED) is 0.726. The molecule has 0 amide bonds. The second-order valence-corrected chi connectivity index (χ2v) is 4.96. The van der Waals surface area contributed by atoms with Crippen molar-refractivity contribution >= 4 is 10.8 Å².